The van der Waals surface area contributed by atoms with Crippen molar-refractivity contribution in [3.05, 3.63) is 65.7 Å². The van der Waals surface area contributed by atoms with E-state index in [2.05, 4.69) is 59.3 Å². The molecule has 3 unspecified atom stereocenters. The third kappa shape index (κ3) is 2.38. The van der Waals surface area contributed by atoms with Crippen LogP contribution in [0.4, 0.5) is 0 Å². The number of fused-ring (bicyclic) bond motifs is 1. The summed E-state index contributed by atoms with van der Waals surface area (Å²) in [4.78, 5) is 1.57. The first kappa shape index (κ1) is 12.5. The highest BCUT2D eigenvalue weighted by molar-refractivity contribution is 7.95. The number of hydrogen-bond donors (Lipinski definition) is 1. The fourth-order valence-electron chi connectivity index (χ4n) is 3.17. The van der Waals surface area contributed by atoms with E-state index in [1.807, 2.05) is 0 Å². The van der Waals surface area contributed by atoms with Gasteiger partial charge in [0.05, 0.1) is 6.04 Å². The molecule has 1 aliphatic carbocycles. The smallest absolute Gasteiger partial charge is 0.130 e. The van der Waals surface area contributed by atoms with Gasteiger partial charge in [-0.3, -0.25) is 0 Å². The van der Waals surface area contributed by atoms with E-state index in [1.165, 1.54) is 30.6 Å². The van der Waals surface area contributed by atoms with Gasteiger partial charge in [-0.1, -0.05) is 48.5 Å². The number of rotatable bonds is 3. The van der Waals surface area contributed by atoms with Crippen LogP contribution in [0.15, 0.2) is 59.5 Å². The molecular weight excluding hydrogens is 262 g/mol. The minimum absolute atomic E-state index is 0.268. The Balaban J connectivity index is 1.47. The summed E-state index contributed by atoms with van der Waals surface area (Å²) in [6.07, 6.45) is 3.89. The summed E-state index contributed by atoms with van der Waals surface area (Å²) in [6, 6.07) is 20.6. The lowest BCUT2D eigenvalue weighted by atomic mass is 10.1. The van der Waals surface area contributed by atoms with Gasteiger partial charge in [-0.25, -0.2) is 0 Å². The van der Waals surface area contributed by atoms with Gasteiger partial charge in [0.1, 0.15) is 16.8 Å². The molecule has 2 aromatic carbocycles. The topological polar surface area (TPSA) is 12.0 Å². The summed E-state index contributed by atoms with van der Waals surface area (Å²) in [5.74, 6) is 2.05. The van der Waals surface area contributed by atoms with Gasteiger partial charge in [-0.05, 0) is 30.9 Å². The second-order valence-electron chi connectivity index (χ2n) is 5.78. The van der Waals surface area contributed by atoms with Crippen molar-refractivity contribution in [3.63, 3.8) is 0 Å². The standard InChI is InChI=1S/C18H20NS/c1-2-7-14(8-3-1)16-13-17(16)19-20-12-6-10-15-9-4-5-11-18(15)20/h1-5,7-9,11,16-17,19H,6,10,12-13H2/q+1. The molecular formula is C18H20NS+. The quantitative estimate of drug-likeness (QED) is 0.847. The van der Waals surface area contributed by atoms with E-state index < -0.39 is 0 Å². The van der Waals surface area contributed by atoms with E-state index in [-0.39, 0.29) is 11.1 Å². The fourth-order valence-corrected chi connectivity index (χ4v) is 5.42. The van der Waals surface area contributed by atoms with Crippen LogP contribution >= 0.6 is 0 Å². The van der Waals surface area contributed by atoms with Crippen LogP contribution in [-0.4, -0.2) is 11.8 Å². The second-order valence-corrected chi connectivity index (χ2v) is 7.65. The summed E-state index contributed by atoms with van der Waals surface area (Å²) in [6.45, 7) is 0. The van der Waals surface area contributed by atoms with E-state index in [0.717, 1.165) is 5.92 Å². The maximum atomic E-state index is 3.93. The summed E-state index contributed by atoms with van der Waals surface area (Å²) in [7, 11) is 0. The molecule has 0 amide bonds. The molecule has 0 spiro atoms. The van der Waals surface area contributed by atoms with Crippen molar-refractivity contribution in [1.29, 1.82) is 0 Å². The summed E-state index contributed by atoms with van der Waals surface area (Å²) in [5.41, 5.74) is 3.06. The van der Waals surface area contributed by atoms with Crippen molar-refractivity contribution in [3.8, 4) is 0 Å². The highest BCUT2D eigenvalue weighted by atomic mass is 32.2. The summed E-state index contributed by atoms with van der Waals surface area (Å²) < 4.78 is 3.93. The Bertz CT molecular complexity index is 595. The Morgan fingerprint density at radius 2 is 1.75 bits per heavy atom. The van der Waals surface area contributed by atoms with Crippen LogP contribution in [0.3, 0.4) is 0 Å². The van der Waals surface area contributed by atoms with Crippen molar-refractivity contribution in [1.82, 2.24) is 4.72 Å². The average molecular weight is 282 g/mol. The van der Waals surface area contributed by atoms with Crippen molar-refractivity contribution in [2.75, 3.05) is 5.75 Å². The molecule has 1 N–H and O–H groups in total. The second kappa shape index (κ2) is 5.27. The molecule has 0 aromatic heterocycles. The Morgan fingerprint density at radius 1 is 0.950 bits per heavy atom. The minimum atomic E-state index is 0.268. The van der Waals surface area contributed by atoms with Gasteiger partial charge in [0.25, 0.3) is 0 Å². The van der Waals surface area contributed by atoms with Gasteiger partial charge >= 0.3 is 0 Å². The Hall–Kier alpha value is -1.25. The van der Waals surface area contributed by atoms with Crippen molar-refractivity contribution >= 4 is 11.1 Å². The van der Waals surface area contributed by atoms with Crippen LogP contribution in [0.25, 0.3) is 0 Å². The summed E-state index contributed by atoms with van der Waals surface area (Å²) in [5, 5.41) is 0. The number of hydrogen-bond acceptors (Lipinski definition) is 1. The van der Waals surface area contributed by atoms with Gasteiger partial charge < -0.3 is 0 Å². The van der Waals surface area contributed by atoms with Crippen molar-refractivity contribution in [2.24, 2.45) is 0 Å². The number of aryl methyl sites for hydroxylation is 1. The Kier molecular flexibility index (Phi) is 3.29. The number of benzene rings is 2. The first-order valence-corrected chi connectivity index (χ1v) is 8.91. The van der Waals surface area contributed by atoms with Gasteiger partial charge in [-0.2, -0.15) is 0 Å². The first-order valence-electron chi connectivity index (χ1n) is 7.52. The third-order valence-electron chi connectivity index (χ3n) is 4.34. The lowest BCUT2D eigenvalue weighted by Gasteiger charge is -2.16. The lowest BCUT2D eigenvalue weighted by molar-refractivity contribution is 0.843. The summed E-state index contributed by atoms with van der Waals surface area (Å²) >= 11 is 0.268. The average Bonchev–Trinajstić information content (AvgIpc) is 3.28. The molecule has 2 aliphatic rings. The van der Waals surface area contributed by atoms with E-state index in [9.17, 15) is 0 Å². The van der Waals surface area contributed by atoms with Gasteiger partial charge in [-0.15, -0.1) is 4.72 Å². The first-order chi connectivity index (χ1) is 9.92. The molecule has 1 fully saturated rings. The molecule has 1 saturated carbocycles. The van der Waals surface area contributed by atoms with Gasteiger partial charge in [0.2, 0.25) is 0 Å². The monoisotopic (exact) mass is 282 g/mol. The lowest BCUT2D eigenvalue weighted by Crippen LogP contribution is -2.33. The molecule has 0 radical (unpaired) electrons. The van der Waals surface area contributed by atoms with Crippen molar-refractivity contribution < 1.29 is 0 Å². The third-order valence-corrected chi connectivity index (χ3v) is 6.56. The Morgan fingerprint density at radius 3 is 2.65 bits per heavy atom. The van der Waals surface area contributed by atoms with Gasteiger partial charge in [0.15, 0.2) is 4.90 Å². The fraction of sp³-hybridized carbons (Fsp3) is 0.333. The predicted molar refractivity (Wildman–Crippen MR) is 86.0 cm³/mol. The molecule has 0 saturated heterocycles. The largest absolute Gasteiger partial charge is 0.178 e. The SMILES string of the molecule is c1ccc(C2CC2N[S+]2CCCc3ccccc32)cc1. The zero-order valence-electron chi connectivity index (χ0n) is 11.6. The molecule has 1 aliphatic heterocycles. The normalized spacial score (nSPS) is 27.9. The zero-order chi connectivity index (χ0) is 13.4. The minimum Gasteiger partial charge on any atom is -0.130 e. The van der Waals surface area contributed by atoms with Crippen LogP contribution in [0.1, 0.15) is 29.9 Å². The van der Waals surface area contributed by atoms with Crippen LogP contribution in [0.5, 0.6) is 0 Å². The van der Waals surface area contributed by atoms with Crippen LogP contribution in [-0.2, 0) is 17.5 Å². The maximum absolute atomic E-state index is 3.93. The molecule has 1 nitrogen and oxygen atoms in total. The molecule has 2 aromatic rings. The maximum Gasteiger partial charge on any atom is 0.178 e. The molecule has 3 atom stereocenters. The molecule has 1 heterocycles. The molecule has 2 heteroatoms. The van der Waals surface area contributed by atoms with E-state index in [1.54, 1.807) is 10.5 Å². The van der Waals surface area contributed by atoms with Crippen LogP contribution < -0.4 is 4.72 Å². The van der Waals surface area contributed by atoms with Crippen LogP contribution in [0, 0.1) is 0 Å². The molecule has 4 rings (SSSR count). The van der Waals surface area contributed by atoms with Crippen molar-refractivity contribution in [2.45, 2.75) is 36.1 Å². The van der Waals surface area contributed by atoms with E-state index in [4.69, 9.17) is 0 Å². The Labute approximate surface area is 123 Å². The van der Waals surface area contributed by atoms with Gasteiger partial charge in [0, 0.05) is 11.5 Å². The van der Waals surface area contributed by atoms with E-state index in [0.29, 0.717) is 6.04 Å². The number of nitrogens with one attached hydrogen (secondary N) is 1. The zero-order valence-corrected chi connectivity index (χ0v) is 12.4. The highest BCUT2D eigenvalue weighted by Gasteiger charge is 2.44. The van der Waals surface area contributed by atoms with Crippen LogP contribution in [0.2, 0.25) is 0 Å². The molecule has 20 heavy (non-hydrogen) atoms. The molecule has 0 bridgehead atoms. The molecule has 102 valence electrons. The predicted octanol–water partition coefficient (Wildman–Crippen LogP) is 3.67. The highest BCUT2D eigenvalue weighted by Crippen LogP contribution is 2.42. The van der Waals surface area contributed by atoms with E-state index >= 15 is 0 Å².